The van der Waals surface area contributed by atoms with Crippen molar-refractivity contribution >= 4 is 49.8 Å². The van der Waals surface area contributed by atoms with Crippen LogP contribution in [-0.2, 0) is 5.41 Å². The van der Waals surface area contributed by atoms with Gasteiger partial charge in [0, 0.05) is 33.1 Å². The van der Waals surface area contributed by atoms with E-state index in [-0.39, 0.29) is 5.41 Å². The van der Waals surface area contributed by atoms with Gasteiger partial charge < -0.3 is 9.32 Å². The molecular weight excluding hydrogens is 763 g/mol. The monoisotopic (exact) mass is 805 g/mol. The van der Waals surface area contributed by atoms with Crippen LogP contribution in [0.2, 0.25) is 0 Å². The molecule has 0 atom stereocenters. The van der Waals surface area contributed by atoms with Crippen molar-refractivity contribution in [3.63, 3.8) is 0 Å². The smallest absolute Gasteiger partial charge is 0.136 e. The molecule has 0 N–H and O–H groups in total. The highest BCUT2D eigenvalue weighted by Gasteiger charge is 2.37. The highest BCUT2D eigenvalue weighted by Crippen LogP contribution is 2.52. The minimum absolute atomic E-state index is 0.108. The Morgan fingerprint density at radius 1 is 0.349 bits per heavy atom. The lowest BCUT2D eigenvalue weighted by atomic mass is 9.79. The van der Waals surface area contributed by atoms with E-state index in [1.165, 1.54) is 66.4 Å². The maximum atomic E-state index is 6.41. The summed E-state index contributed by atoms with van der Waals surface area (Å²) in [6.07, 6.45) is 0. The Hall–Kier alpha value is -7.94. The second-order valence-electron chi connectivity index (χ2n) is 17.3. The Morgan fingerprint density at radius 3 is 1.75 bits per heavy atom. The largest absolute Gasteiger partial charge is 0.456 e. The van der Waals surface area contributed by atoms with E-state index < -0.39 is 0 Å². The van der Waals surface area contributed by atoms with E-state index in [1.807, 2.05) is 12.1 Å². The first-order chi connectivity index (χ1) is 31.0. The lowest BCUT2D eigenvalue weighted by molar-refractivity contribution is 0.662. The molecule has 12 rings (SSSR count). The summed E-state index contributed by atoms with van der Waals surface area (Å²) in [5.41, 5.74) is 19.9. The molecule has 63 heavy (non-hydrogen) atoms. The van der Waals surface area contributed by atoms with Crippen LogP contribution in [0.5, 0.6) is 0 Å². The zero-order chi connectivity index (χ0) is 42.1. The highest BCUT2D eigenvalue weighted by atomic mass is 16.3. The molecule has 1 heterocycles. The quantitative estimate of drug-likeness (QED) is 0.160. The van der Waals surface area contributed by atoms with E-state index in [9.17, 15) is 0 Å². The number of rotatable bonds is 7. The van der Waals surface area contributed by atoms with E-state index in [0.717, 1.165) is 50.1 Å². The molecule has 0 saturated carbocycles. The molecule has 1 aliphatic rings. The Bertz CT molecular complexity index is 3530. The summed E-state index contributed by atoms with van der Waals surface area (Å²) in [6.45, 7) is 4.72. The van der Waals surface area contributed by atoms with Gasteiger partial charge in [-0.05, 0) is 127 Å². The molecule has 0 spiro atoms. The van der Waals surface area contributed by atoms with E-state index in [4.69, 9.17) is 4.42 Å². The van der Waals surface area contributed by atoms with Crippen molar-refractivity contribution in [3.05, 3.63) is 236 Å². The maximum absolute atomic E-state index is 6.41. The lowest BCUT2D eigenvalue weighted by Crippen LogP contribution is -2.16. The first kappa shape index (κ1) is 36.9. The van der Waals surface area contributed by atoms with Crippen LogP contribution in [-0.4, -0.2) is 0 Å². The standard InChI is InChI=1S/C61H43NO/c1-61(2)56-25-8-5-20-52(56)55-24-13-23-51(60(55)61)42-30-35-47(36-31-42)62(57-26-9-6-19-50(57)45-32-37-54-53-21-7-10-27-58(53)63-59(54)39-45)46-33-28-40(29-34-46)43-16-11-17-44(38-43)49-22-12-15-41-14-3-4-18-48(41)49/h3-39H,1-2H3. The molecule has 0 fully saturated rings. The molecule has 0 amide bonds. The van der Waals surface area contributed by atoms with Gasteiger partial charge in [0.2, 0.25) is 0 Å². The van der Waals surface area contributed by atoms with Crippen molar-refractivity contribution in [1.29, 1.82) is 0 Å². The summed E-state index contributed by atoms with van der Waals surface area (Å²) in [4.78, 5) is 2.40. The molecule has 2 heteroatoms. The van der Waals surface area contributed by atoms with Crippen LogP contribution in [0.15, 0.2) is 229 Å². The Kier molecular flexibility index (Phi) is 8.55. The van der Waals surface area contributed by atoms with Crippen LogP contribution >= 0.6 is 0 Å². The van der Waals surface area contributed by atoms with Gasteiger partial charge in [-0.2, -0.15) is 0 Å². The molecule has 11 aromatic rings. The summed E-state index contributed by atoms with van der Waals surface area (Å²) in [7, 11) is 0. The number of nitrogens with zero attached hydrogens (tertiary/aromatic N) is 1. The fraction of sp³-hybridized carbons (Fsp3) is 0.0492. The third-order valence-corrected chi connectivity index (χ3v) is 13.3. The molecule has 0 bridgehead atoms. The van der Waals surface area contributed by atoms with Crippen molar-refractivity contribution in [3.8, 4) is 55.6 Å². The highest BCUT2D eigenvalue weighted by molar-refractivity contribution is 6.06. The molecule has 298 valence electrons. The van der Waals surface area contributed by atoms with E-state index in [2.05, 4.69) is 231 Å². The Labute approximate surface area is 368 Å². The Balaban J connectivity index is 0.968. The predicted octanol–water partition coefficient (Wildman–Crippen LogP) is 17.2. The van der Waals surface area contributed by atoms with Gasteiger partial charge in [-0.15, -0.1) is 0 Å². The van der Waals surface area contributed by atoms with E-state index >= 15 is 0 Å². The summed E-state index contributed by atoms with van der Waals surface area (Å²) in [5.74, 6) is 0. The van der Waals surface area contributed by atoms with Crippen LogP contribution < -0.4 is 4.90 Å². The van der Waals surface area contributed by atoms with Gasteiger partial charge in [-0.3, -0.25) is 0 Å². The lowest BCUT2D eigenvalue weighted by Gasteiger charge is -2.28. The average molecular weight is 806 g/mol. The van der Waals surface area contributed by atoms with Crippen LogP contribution in [0.1, 0.15) is 25.0 Å². The Morgan fingerprint density at radius 2 is 0.905 bits per heavy atom. The van der Waals surface area contributed by atoms with Gasteiger partial charge in [0.25, 0.3) is 0 Å². The minimum atomic E-state index is -0.108. The SMILES string of the molecule is CC1(C)c2ccccc2-c2cccc(-c3ccc(N(c4ccc(-c5cccc(-c6cccc7ccccc67)c5)cc4)c4ccccc4-c4ccc5c(c4)oc4ccccc45)cc3)c21. The molecule has 0 unspecified atom stereocenters. The van der Waals surface area contributed by atoms with Crippen molar-refractivity contribution in [2.24, 2.45) is 0 Å². The maximum Gasteiger partial charge on any atom is 0.136 e. The average Bonchev–Trinajstić information content (AvgIpc) is 3.83. The summed E-state index contributed by atoms with van der Waals surface area (Å²) in [6, 6.07) is 81.6. The number of anilines is 3. The predicted molar refractivity (Wildman–Crippen MR) is 265 cm³/mol. The van der Waals surface area contributed by atoms with Crippen LogP contribution in [0.3, 0.4) is 0 Å². The normalized spacial score (nSPS) is 12.7. The first-order valence-electron chi connectivity index (χ1n) is 21.8. The number of para-hydroxylation sites is 2. The van der Waals surface area contributed by atoms with E-state index in [1.54, 1.807) is 0 Å². The molecule has 0 aliphatic heterocycles. The fourth-order valence-electron chi connectivity index (χ4n) is 10.3. The first-order valence-corrected chi connectivity index (χ1v) is 21.8. The van der Waals surface area contributed by atoms with Crippen molar-refractivity contribution in [2.75, 3.05) is 4.90 Å². The second-order valence-corrected chi connectivity index (χ2v) is 17.3. The molecule has 10 aromatic carbocycles. The summed E-state index contributed by atoms with van der Waals surface area (Å²) in [5, 5.41) is 4.77. The van der Waals surface area contributed by atoms with Crippen molar-refractivity contribution in [1.82, 2.24) is 0 Å². The molecule has 1 aliphatic carbocycles. The number of hydrogen-bond donors (Lipinski definition) is 0. The summed E-state index contributed by atoms with van der Waals surface area (Å²) >= 11 is 0. The van der Waals surface area contributed by atoms with Gasteiger partial charge in [-0.1, -0.05) is 184 Å². The minimum Gasteiger partial charge on any atom is -0.456 e. The van der Waals surface area contributed by atoms with Crippen LogP contribution in [0.4, 0.5) is 17.1 Å². The molecule has 0 saturated heterocycles. The fourth-order valence-corrected chi connectivity index (χ4v) is 10.3. The molecule has 1 aromatic heterocycles. The number of fused-ring (bicyclic) bond motifs is 7. The van der Waals surface area contributed by atoms with Gasteiger partial charge in [-0.25, -0.2) is 0 Å². The molecule has 2 nitrogen and oxygen atoms in total. The van der Waals surface area contributed by atoms with Crippen LogP contribution in [0, 0.1) is 0 Å². The van der Waals surface area contributed by atoms with Gasteiger partial charge >= 0.3 is 0 Å². The third kappa shape index (κ3) is 6.09. The van der Waals surface area contributed by atoms with Gasteiger partial charge in [0.15, 0.2) is 0 Å². The summed E-state index contributed by atoms with van der Waals surface area (Å²) < 4.78 is 6.41. The van der Waals surface area contributed by atoms with Crippen LogP contribution in [0.25, 0.3) is 88.3 Å². The second kappa shape index (κ2) is 14.6. The van der Waals surface area contributed by atoms with Gasteiger partial charge in [0.1, 0.15) is 11.2 Å². The third-order valence-electron chi connectivity index (χ3n) is 13.3. The zero-order valence-electron chi connectivity index (χ0n) is 35.2. The number of furan rings is 1. The topological polar surface area (TPSA) is 16.4 Å². The van der Waals surface area contributed by atoms with E-state index in [0.29, 0.717) is 0 Å². The molecular formula is C61H43NO. The van der Waals surface area contributed by atoms with Gasteiger partial charge in [0.05, 0.1) is 5.69 Å². The number of benzene rings is 10. The number of hydrogen-bond acceptors (Lipinski definition) is 2. The molecule has 0 radical (unpaired) electrons. The zero-order valence-corrected chi connectivity index (χ0v) is 35.2. The van der Waals surface area contributed by atoms with Crippen molar-refractivity contribution in [2.45, 2.75) is 19.3 Å². The van der Waals surface area contributed by atoms with Crippen molar-refractivity contribution < 1.29 is 4.42 Å².